The van der Waals surface area contributed by atoms with Crippen molar-refractivity contribution in [3.8, 4) is 0 Å². The van der Waals surface area contributed by atoms with Crippen LogP contribution in [0.3, 0.4) is 0 Å². The highest BCUT2D eigenvalue weighted by molar-refractivity contribution is 7.88. The molecule has 0 radical (unpaired) electrons. The van der Waals surface area contributed by atoms with Gasteiger partial charge in [0.25, 0.3) is 0 Å². The van der Waals surface area contributed by atoms with Gasteiger partial charge in [0.15, 0.2) is 0 Å². The number of rotatable bonds is 3. The van der Waals surface area contributed by atoms with Gasteiger partial charge in [0.1, 0.15) is 0 Å². The van der Waals surface area contributed by atoms with E-state index in [0.717, 1.165) is 18.7 Å². The van der Waals surface area contributed by atoms with Gasteiger partial charge in [-0.15, -0.1) is 11.6 Å². The van der Waals surface area contributed by atoms with Crippen molar-refractivity contribution in [3.05, 3.63) is 29.3 Å². The normalized spacial score (nSPS) is 17.7. The standard InChI is InChI=1S/C13H19ClN2O2S/c1-11-9-12(10-14)3-4-13(11)15-5-7-16(8-6-15)19(2,17)18/h3-4,9H,5-8,10H2,1-2H3. The molecule has 0 amide bonds. The summed E-state index contributed by atoms with van der Waals surface area (Å²) < 4.78 is 24.5. The average Bonchev–Trinajstić information content (AvgIpc) is 2.37. The van der Waals surface area contributed by atoms with Gasteiger partial charge < -0.3 is 4.90 Å². The summed E-state index contributed by atoms with van der Waals surface area (Å²) in [5, 5.41) is 0. The molecule has 0 aliphatic carbocycles. The van der Waals surface area contributed by atoms with E-state index in [0.29, 0.717) is 19.0 Å². The zero-order chi connectivity index (χ0) is 14.0. The van der Waals surface area contributed by atoms with Gasteiger partial charge in [0.2, 0.25) is 10.0 Å². The Morgan fingerprint density at radius 2 is 1.84 bits per heavy atom. The van der Waals surface area contributed by atoms with Crippen LogP contribution >= 0.6 is 11.6 Å². The molecule has 0 bridgehead atoms. The zero-order valence-electron chi connectivity index (χ0n) is 11.3. The molecule has 0 spiro atoms. The molecule has 1 fully saturated rings. The minimum Gasteiger partial charge on any atom is -0.369 e. The number of halogens is 1. The monoisotopic (exact) mass is 302 g/mol. The largest absolute Gasteiger partial charge is 0.369 e. The SMILES string of the molecule is Cc1cc(CCl)ccc1N1CCN(S(C)(=O)=O)CC1. The van der Waals surface area contributed by atoms with Crippen LogP contribution in [0.4, 0.5) is 5.69 Å². The summed E-state index contributed by atoms with van der Waals surface area (Å²) in [6.07, 6.45) is 1.27. The van der Waals surface area contributed by atoms with Crippen molar-refractivity contribution < 1.29 is 8.42 Å². The predicted molar refractivity (Wildman–Crippen MR) is 79.4 cm³/mol. The van der Waals surface area contributed by atoms with E-state index < -0.39 is 10.0 Å². The fourth-order valence-corrected chi connectivity index (χ4v) is 3.41. The average molecular weight is 303 g/mol. The number of aryl methyl sites for hydroxylation is 1. The van der Waals surface area contributed by atoms with Crippen molar-refractivity contribution in [1.82, 2.24) is 4.31 Å². The van der Waals surface area contributed by atoms with Crippen LogP contribution in [-0.4, -0.2) is 45.2 Å². The Hall–Kier alpha value is -0.780. The van der Waals surface area contributed by atoms with E-state index in [-0.39, 0.29) is 0 Å². The molecule has 1 saturated heterocycles. The summed E-state index contributed by atoms with van der Waals surface area (Å²) in [4.78, 5) is 2.23. The Morgan fingerprint density at radius 3 is 2.32 bits per heavy atom. The highest BCUT2D eigenvalue weighted by Crippen LogP contribution is 2.23. The van der Waals surface area contributed by atoms with Crippen LogP contribution in [-0.2, 0) is 15.9 Å². The molecule has 1 aromatic rings. The van der Waals surface area contributed by atoms with Gasteiger partial charge in [0, 0.05) is 37.7 Å². The number of benzene rings is 1. The third-order valence-corrected chi connectivity index (χ3v) is 5.08. The lowest BCUT2D eigenvalue weighted by Gasteiger charge is -2.35. The smallest absolute Gasteiger partial charge is 0.211 e. The quantitative estimate of drug-likeness (QED) is 0.800. The molecule has 0 aromatic heterocycles. The molecule has 2 rings (SSSR count). The molecule has 1 heterocycles. The van der Waals surface area contributed by atoms with Crippen LogP contribution in [0.2, 0.25) is 0 Å². The first-order valence-corrected chi connectivity index (χ1v) is 8.65. The molecular formula is C13H19ClN2O2S. The van der Waals surface area contributed by atoms with Crippen LogP contribution < -0.4 is 4.90 Å². The molecule has 1 aliphatic heterocycles. The minimum absolute atomic E-state index is 0.517. The predicted octanol–water partition coefficient (Wildman–Crippen LogP) is 1.82. The molecule has 106 valence electrons. The van der Waals surface area contributed by atoms with Crippen molar-refractivity contribution in [1.29, 1.82) is 0 Å². The van der Waals surface area contributed by atoms with Gasteiger partial charge in [-0.1, -0.05) is 12.1 Å². The van der Waals surface area contributed by atoms with Crippen molar-refractivity contribution in [3.63, 3.8) is 0 Å². The maximum atomic E-state index is 11.5. The van der Waals surface area contributed by atoms with E-state index in [1.807, 2.05) is 6.07 Å². The molecule has 1 aliphatic rings. The molecule has 19 heavy (non-hydrogen) atoms. The van der Waals surface area contributed by atoms with Gasteiger partial charge in [-0.25, -0.2) is 8.42 Å². The number of hydrogen-bond acceptors (Lipinski definition) is 3. The Labute approximate surface area is 120 Å². The summed E-state index contributed by atoms with van der Waals surface area (Å²) in [5.74, 6) is 0.517. The van der Waals surface area contributed by atoms with Crippen LogP contribution in [0, 0.1) is 6.92 Å². The zero-order valence-corrected chi connectivity index (χ0v) is 12.8. The van der Waals surface area contributed by atoms with Gasteiger partial charge in [-0.3, -0.25) is 0 Å². The van der Waals surface area contributed by atoms with Gasteiger partial charge in [0.05, 0.1) is 6.26 Å². The van der Waals surface area contributed by atoms with E-state index >= 15 is 0 Å². The molecule has 0 saturated carbocycles. The van der Waals surface area contributed by atoms with Crippen LogP contribution in [0.1, 0.15) is 11.1 Å². The van der Waals surface area contributed by atoms with Gasteiger partial charge in [-0.2, -0.15) is 4.31 Å². The Balaban J connectivity index is 2.10. The summed E-state index contributed by atoms with van der Waals surface area (Å²) in [6, 6.07) is 6.19. The second-order valence-electron chi connectivity index (χ2n) is 4.90. The van der Waals surface area contributed by atoms with Crippen LogP contribution in [0.5, 0.6) is 0 Å². The second-order valence-corrected chi connectivity index (χ2v) is 7.15. The van der Waals surface area contributed by atoms with Crippen molar-refractivity contribution in [2.24, 2.45) is 0 Å². The Bertz CT molecular complexity index is 552. The number of anilines is 1. The number of hydrogen-bond donors (Lipinski definition) is 0. The second kappa shape index (κ2) is 5.69. The number of nitrogens with zero attached hydrogens (tertiary/aromatic N) is 2. The Morgan fingerprint density at radius 1 is 1.21 bits per heavy atom. The molecule has 6 heteroatoms. The topological polar surface area (TPSA) is 40.6 Å². The fourth-order valence-electron chi connectivity index (χ4n) is 2.42. The molecule has 1 aromatic carbocycles. The maximum Gasteiger partial charge on any atom is 0.211 e. The van der Waals surface area contributed by atoms with Gasteiger partial charge in [-0.05, 0) is 24.1 Å². The van der Waals surface area contributed by atoms with E-state index in [1.54, 1.807) is 0 Å². The molecule has 4 nitrogen and oxygen atoms in total. The minimum atomic E-state index is -3.06. The first-order chi connectivity index (χ1) is 8.91. The highest BCUT2D eigenvalue weighted by atomic mass is 35.5. The van der Waals surface area contributed by atoms with Crippen molar-refractivity contribution in [2.45, 2.75) is 12.8 Å². The summed E-state index contributed by atoms with van der Waals surface area (Å²) in [6.45, 7) is 4.63. The van der Waals surface area contributed by atoms with Crippen LogP contribution in [0.15, 0.2) is 18.2 Å². The number of sulfonamides is 1. The lowest BCUT2D eigenvalue weighted by molar-refractivity contribution is 0.388. The first-order valence-electron chi connectivity index (χ1n) is 6.27. The van der Waals surface area contributed by atoms with Crippen molar-refractivity contribution in [2.75, 3.05) is 37.3 Å². The van der Waals surface area contributed by atoms with Gasteiger partial charge >= 0.3 is 0 Å². The fraction of sp³-hybridized carbons (Fsp3) is 0.538. The summed E-state index contributed by atoms with van der Waals surface area (Å²) >= 11 is 5.82. The van der Waals surface area contributed by atoms with Crippen molar-refractivity contribution >= 4 is 27.3 Å². The van der Waals surface area contributed by atoms with E-state index in [2.05, 4.69) is 24.0 Å². The molecule has 0 unspecified atom stereocenters. The lowest BCUT2D eigenvalue weighted by Crippen LogP contribution is -2.48. The van der Waals surface area contributed by atoms with Crippen LogP contribution in [0.25, 0.3) is 0 Å². The Kier molecular flexibility index (Phi) is 4.38. The number of alkyl halides is 1. The van der Waals surface area contributed by atoms with E-state index in [1.165, 1.54) is 21.8 Å². The summed E-state index contributed by atoms with van der Waals surface area (Å²) in [7, 11) is -3.06. The lowest BCUT2D eigenvalue weighted by atomic mass is 10.1. The summed E-state index contributed by atoms with van der Waals surface area (Å²) in [5.41, 5.74) is 3.46. The molecular weight excluding hydrogens is 284 g/mol. The molecule has 0 atom stereocenters. The maximum absolute atomic E-state index is 11.5. The third kappa shape index (κ3) is 3.41. The first kappa shape index (κ1) is 14.6. The number of piperazine rings is 1. The third-order valence-electron chi connectivity index (χ3n) is 3.46. The van der Waals surface area contributed by atoms with E-state index in [4.69, 9.17) is 11.6 Å². The highest BCUT2D eigenvalue weighted by Gasteiger charge is 2.23. The van der Waals surface area contributed by atoms with E-state index in [9.17, 15) is 8.42 Å². The molecule has 0 N–H and O–H groups in total.